The van der Waals surface area contributed by atoms with E-state index in [1.165, 1.54) is 0 Å². The molecule has 0 aromatic carbocycles. The Morgan fingerprint density at radius 2 is 2.21 bits per heavy atom. The highest BCUT2D eigenvalue weighted by Gasteiger charge is 2.19. The fourth-order valence-electron chi connectivity index (χ4n) is 1.49. The summed E-state index contributed by atoms with van der Waals surface area (Å²) in [6.45, 7) is 3.40. The van der Waals surface area contributed by atoms with E-state index in [0.717, 1.165) is 18.4 Å². The summed E-state index contributed by atoms with van der Waals surface area (Å²) in [6, 6.07) is 0. The van der Waals surface area contributed by atoms with E-state index in [-0.39, 0.29) is 17.1 Å². The maximum atomic E-state index is 11.5. The minimum absolute atomic E-state index is 0.212. The second-order valence-electron chi connectivity index (χ2n) is 4.10. The lowest BCUT2D eigenvalue weighted by Gasteiger charge is -2.07. The van der Waals surface area contributed by atoms with E-state index >= 15 is 0 Å². The van der Waals surface area contributed by atoms with Gasteiger partial charge in [-0.25, -0.2) is 8.42 Å². The molecule has 0 fully saturated rings. The van der Waals surface area contributed by atoms with Gasteiger partial charge in [-0.05, 0) is 33.1 Å². The number of hydrogen-bond donors (Lipinski definition) is 1. The third kappa shape index (κ3) is 3.10. The Balaban J connectivity index is 2.45. The molecule has 0 aliphatic heterocycles. The Bertz CT molecular complexity index is 314. The summed E-state index contributed by atoms with van der Waals surface area (Å²) < 4.78 is 23.0. The van der Waals surface area contributed by atoms with Crippen LogP contribution in [0.15, 0.2) is 11.6 Å². The second kappa shape index (κ2) is 4.45. The van der Waals surface area contributed by atoms with Crippen LogP contribution in [0.1, 0.15) is 33.1 Å². The third-order valence-corrected chi connectivity index (χ3v) is 4.82. The summed E-state index contributed by atoms with van der Waals surface area (Å²) in [4.78, 5) is 0. The first kappa shape index (κ1) is 11.7. The Kier molecular flexibility index (Phi) is 3.72. The quantitative estimate of drug-likeness (QED) is 0.723. The van der Waals surface area contributed by atoms with Gasteiger partial charge in [-0.3, -0.25) is 0 Å². The largest absolute Gasteiger partial charge is 0.389 e. The van der Waals surface area contributed by atoms with E-state index in [2.05, 4.69) is 0 Å². The lowest BCUT2D eigenvalue weighted by molar-refractivity contribution is 0.223. The molecule has 0 amide bonds. The smallest absolute Gasteiger partial charge is 0.152 e. The normalized spacial score (nSPS) is 22.9. The first-order valence-electron chi connectivity index (χ1n) is 5.01. The van der Waals surface area contributed by atoms with Crippen LogP contribution in [0.2, 0.25) is 0 Å². The molecule has 82 valence electrons. The fraction of sp³-hybridized carbons (Fsp3) is 0.800. The van der Waals surface area contributed by atoms with Crippen LogP contribution in [0.4, 0.5) is 0 Å². The molecule has 1 rings (SSSR count). The molecule has 1 atom stereocenters. The van der Waals surface area contributed by atoms with E-state index in [1.54, 1.807) is 19.9 Å². The molecule has 1 aliphatic carbocycles. The molecular formula is C10H18O3S. The van der Waals surface area contributed by atoms with Crippen LogP contribution in [0, 0.1) is 0 Å². The standard InChI is InChI=1S/C10H18O3S/c1-8(2)14(12,13)6-5-9-3-4-10(11)7-9/h7-8,10-11H,3-6H2,1-2H3. The molecule has 14 heavy (non-hydrogen) atoms. The molecule has 1 N–H and O–H groups in total. The fourth-order valence-corrected chi connectivity index (χ4v) is 2.51. The maximum Gasteiger partial charge on any atom is 0.152 e. The predicted molar refractivity (Wildman–Crippen MR) is 56.9 cm³/mol. The van der Waals surface area contributed by atoms with E-state index < -0.39 is 9.84 Å². The van der Waals surface area contributed by atoms with Crippen molar-refractivity contribution in [3.05, 3.63) is 11.6 Å². The number of hydrogen-bond acceptors (Lipinski definition) is 3. The maximum absolute atomic E-state index is 11.5. The molecule has 0 saturated carbocycles. The molecule has 0 spiro atoms. The van der Waals surface area contributed by atoms with Crippen LogP contribution in [0.3, 0.4) is 0 Å². The van der Waals surface area contributed by atoms with Crippen LogP contribution in [0.25, 0.3) is 0 Å². The van der Waals surface area contributed by atoms with Crippen LogP contribution in [0.5, 0.6) is 0 Å². The van der Waals surface area contributed by atoms with Gasteiger partial charge in [0.05, 0.1) is 17.1 Å². The van der Waals surface area contributed by atoms with Crippen molar-refractivity contribution in [2.45, 2.75) is 44.5 Å². The third-order valence-electron chi connectivity index (χ3n) is 2.62. The monoisotopic (exact) mass is 218 g/mol. The topological polar surface area (TPSA) is 54.4 Å². The molecule has 0 bridgehead atoms. The van der Waals surface area contributed by atoms with Crippen molar-refractivity contribution in [3.63, 3.8) is 0 Å². The Labute approximate surface area is 85.7 Å². The molecule has 0 aromatic heterocycles. The van der Waals surface area contributed by atoms with Gasteiger partial charge >= 0.3 is 0 Å². The molecule has 0 aromatic rings. The van der Waals surface area contributed by atoms with Crippen LogP contribution in [-0.4, -0.2) is 30.6 Å². The number of rotatable bonds is 4. The van der Waals surface area contributed by atoms with Gasteiger partial charge < -0.3 is 5.11 Å². The molecule has 4 heteroatoms. The SMILES string of the molecule is CC(C)S(=O)(=O)CCC1=CC(O)CC1. The average molecular weight is 218 g/mol. The van der Waals surface area contributed by atoms with E-state index in [9.17, 15) is 13.5 Å². The summed E-state index contributed by atoms with van der Waals surface area (Å²) in [6.07, 6.45) is 3.60. The van der Waals surface area contributed by atoms with E-state index in [1.807, 2.05) is 0 Å². The molecule has 1 aliphatic rings. The van der Waals surface area contributed by atoms with Gasteiger partial charge in [-0.15, -0.1) is 0 Å². The summed E-state index contributed by atoms with van der Waals surface area (Å²) >= 11 is 0. The van der Waals surface area contributed by atoms with Crippen molar-refractivity contribution in [1.29, 1.82) is 0 Å². The van der Waals surface area contributed by atoms with Gasteiger partial charge in [0.2, 0.25) is 0 Å². The highest BCUT2D eigenvalue weighted by Crippen LogP contribution is 2.22. The van der Waals surface area contributed by atoms with Crippen LogP contribution >= 0.6 is 0 Å². The summed E-state index contributed by atoms with van der Waals surface area (Å²) in [7, 11) is -2.93. The van der Waals surface area contributed by atoms with Crippen LogP contribution < -0.4 is 0 Å². The lowest BCUT2D eigenvalue weighted by atomic mass is 10.2. The highest BCUT2D eigenvalue weighted by molar-refractivity contribution is 7.91. The summed E-state index contributed by atoms with van der Waals surface area (Å²) in [5.41, 5.74) is 1.08. The molecule has 1 unspecified atom stereocenters. The van der Waals surface area contributed by atoms with Crippen LogP contribution in [-0.2, 0) is 9.84 Å². The molecular weight excluding hydrogens is 200 g/mol. The minimum Gasteiger partial charge on any atom is -0.389 e. The van der Waals surface area contributed by atoms with Crippen molar-refractivity contribution < 1.29 is 13.5 Å². The van der Waals surface area contributed by atoms with Gasteiger partial charge in [-0.1, -0.05) is 11.6 Å². The Morgan fingerprint density at radius 1 is 1.57 bits per heavy atom. The number of aliphatic hydroxyl groups is 1. The Morgan fingerprint density at radius 3 is 2.64 bits per heavy atom. The zero-order chi connectivity index (χ0) is 10.8. The van der Waals surface area contributed by atoms with Gasteiger partial charge in [0.15, 0.2) is 9.84 Å². The number of sulfone groups is 1. The Hall–Kier alpha value is -0.350. The first-order valence-corrected chi connectivity index (χ1v) is 6.72. The number of aliphatic hydroxyl groups excluding tert-OH is 1. The van der Waals surface area contributed by atoms with Crippen molar-refractivity contribution in [2.75, 3.05) is 5.75 Å². The average Bonchev–Trinajstić information content (AvgIpc) is 2.48. The molecule has 0 heterocycles. The summed E-state index contributed by atoms with van der Waals surface area (Å²) in [5.74, 6) is 0.212. The van der Waals surface area contributed by atoms with Crippen molar-refractivity contribution in [1.82, 2.24) is 0 Å². The predicted octanol–water partition coefficient (Wildman–Crippen LogP) is 1.28. The molecule has 3 nitrogen and oxygen atoms in total. The second-order valence-corrected chi connectivity index (χ2v) is 6.77. The zero-order valence-corrected chi connectivity index (χ0v) is 9.55. The molecule has 0 saturated heterocycles. The van der Waals surface area contributed by atoms with Crippen molar-refractivity contribution >= 4 is 9.84 Å². The van der Waals surface area contributed by atoms with E-state index in [0.29, 0.717) is 6.42 Å². The first-order chi connectivity index (χ1) is 6.42. The van der Waals surface area contributed by atoms with Gasteiger partial charge in [-0.2, -0.15) is 0 Å². The lowest BCUT2D eigenvalue weighted by Crippen LogP contribution is -2.17. The van der Waals surface area contributed by atoms with E-state index in [4.69, 9.17) is 0 Å². The minimum atomic E-state index is -2.93. The van der Waals surface area contributed by atoms with Crippen molar-refractivity contribution in [3.8, 4) is 0 Å². The molecule has 0 radical (unpaired) electrons. The summed E-state index contributed by atoms with van der Waals surface area (Å²) in [5, 5.41) is 8.92. The van der Waals surface area contributed by atoms with Gasteiger partial charge in [0.1, 0.15) is 0 Å². The van der Waals surface area contributed by atoms with Gasteiger partial charge in [0, 0.05) is 0 Å². The highest BCUT2D eigenvalue weighted by atomic mass is 32.2. The van der Waals surface area contributed by atoms with Gasteiger partial charge in [0.25, 0.3) is 0 Å². The van der Waals surface area contributed by atoms with Crippen molar-refractivity contribution in [2.24, 2.45) is 0 Å². The number of allylic oxidation sites excluding steroid dienone is 1. The zero-order valence-electron chi connectivity index (χ0n) is 8.73.